The van der Waals surface area contributed by atoms with Crippen molar-refractivity contribution in [3.63, 3.8) is 0 Å². The average molecular weight is 920 g/mol. The molecule has 5 N–H and O–H groups in total. The summed E-state index contributed by atoms with van der Waals surface area (Å²) >= 11 is 0. The summed E-state index contributed by atoms with van der Waals surface area (Å²) in [5.41, 5.74) is 2.34. The first kappa shape index (κ1) is 57.2. The van der Waals surface area contributed by atoms with E-state index in [4.69, 9.17) is 19.5 Å². The summed E-state index contributed by atoms with van der Waals surface area (Å²) < 4.78 is 11.9. The maximum atomic E-state index is 13.7. The Morgan fingerprint density at radius 3 is 1.80 bits per heavy atom. The van der Waals surface area contributed by atoms with E-state index in [1.54, 1.807) is 39.8 Å². The molecule has 0 bridgehead atoms. The maximum Gasteiger partial charge on any atom is 0.451 e. The van der Waals surface area contributed by atoms with Crippen molar-refractivity contribution < 1.29 is 57.9 Å². The van der Waals surface area contributed by atoms with Crippen LogP contribution in [0, 0.1) is 11.8 Å². The lowest BCUT2D eigenvalue weighted by molar-refractivity contribution is -0.139. The van der Waals surface area contributed by atoms with Crippen molar-refractivity contribution in [3.8, 4) is 11.1 Å². The van der Waals surface area contributed by atoms with Crippen LogP contribution in [0.15, 0.2) is 48.5 Å². The van der Waals surface area contributed by atoms with Gasteiger partial charge >= 0.3 is 7.12 Å². The van der Waals surface area contributed by atoms with Crippen LogP contribution < -0.4 is 16.0 Å². The second-order valence-electron chi connectivity index (χ2n) is 19.3. The molecule has 1 unspecified atom stereocenters. The van der Waals surface area contributed by atoms with Gasteiger partial charge in [0.2, 0.25) is 17.7 Å². The minimum absolute atomic E-state index is 0.0792. The highest BCUT2D eigenvalue weighted by Gasteiger charge is 2.34. The molecular formula is C50H74BN3O12. The second-order valence-corrected chi connectivity index (χ2v) is 19.3. The SMILES string of the molecule is CCCCc1ccc(-c2ccc(C(=O)C[C@H](COC(C)(C)C)C(=O)N[C@H](C)C(=O)CCC(=O)N[C@H](C(=O)C[C@@H](C)C(=O)N[C@@H](CC(C)=O)C(=O)CCB(O)O)C(C)OC(C)(C)C)cc2)cc1. The van der Waals surface area contributed by atoms with Crippen LogP contribution in [0.2, 0.25) is 6.32 Å². The Morgan fingerprint density at radius 2 is 1.27 bits per heavy atom. The van der Waals surface area contributed by atoms with E-state index in [1.807, 2.05) is 32.9 Å². The fraction of sp³-hybridized carbons (Fsp3) is 0.600. The first-order valence-corrected chi connectivity index (χ1v) is 23.1. The van der Waals surface area contributed by atoms with Crippen molar-refractivity contribution in [2.45, 2.75) is 176 Å². The standard InChI is InChI=1S/C50H74BN3O12/c1-12-13-14-35-15-17-36(18-16-35)37-19-21-38(22-20-37)43(58)29-39(30-65-49(6,7)8)48(62)52-33(4)41(56)23-24-45(60)54-46(34(5)66-50(9,10)11)44(59)27-31(2)47(61)53-40(28-32(3)55)42(57)25-26-51(63)64/h15-22,31,33-34,39-40,46,63-64H,12-14,23-30H2,1-11H3,(H,52,62)(H,53,61)(H,54,60)/t31-,33-,34?,39-,40+,46+/m1/s1. The molecule has 0 aliphatic rings. The fourth-order valence-electron chi connectivity index (χ4n) is 7.02. The predicted molar refractivity (Wildman–Crippen MR) is 253 cm³/mol. The molecule has 15 nitrogen and oxygen atoms in total. The summed E-state index contributed by atoms with van der Waals surface area (Å²) in [6.07, 6.45) is 0.303. The highest BCUT2D eigenvalue weighted by molar-refractivity contribution is 6.41. The van der Waals surface area contributed by atoms with E-state index in [2.05, 4.69) is 47.1 Å². The molecule has 16 heteroatoms. The van der Waals surface area contributed by atoms with Crippen LogP contribution in [0.1, 0.15) is 143 Å². The van der Waals surface area contributed by atoms with Crippen molar-refractivity contribution in [2.75, 3.05) is 6.61 Å². The molecule has 0 saturated carbocycles. The molecule has 3 amide bonds. The van der Waals surface area contributed by atoms with Gasteiger partial charge in [0.05, 0.1) is 41.9 Å². The number of ether oxygens (including phenoxy) is 2. The van der Waals surface area contributed by atoms with Gasteiger partial charge in [-0.05, 0) is 98.2 Å². The lowest BCUT2D eigenvalue weighted by Gasteiger charge is -2.31. The van der Waals surface area contributed by atoms with E-state index in [1.165, 1.54) is 26.3 Å². The van der Waals surface area contributed by atoms with Gasteiger partial charge in [-0.1, -0.05) is 68.8 Å². The highest BCUT2D eigenvalue weighted by atomic mass is 16.5. The summed E-state index contributed by atoms with van der Waals surface area (Å²) in [6.45, 7) is 18.6. The smallest absolute Gasteiger partial charge is 0.427 e. The molecule has 0 radical (unpaired) electrons. The Kier molecular flexibility index (Phi) is 23.5. The Labute approximate surface area is 391 Å². The number of Topliss-reactive ketones (excluding diaryl/α,β-unsaturated/α-hetero) is 5. The van der Waals surface area contributed by atoms with Crippen molar-refractivity contribution in [1.82, 2.24) is 16.0 Å². The van der Waals surface area contributed by atoms with Crippen molar-refractivity contribution >= 4 is 53.8 Å². The van der Waals surface area contributed by atoms with Crippen LogP contribution in [0.5, 0.6) is 0 Å². The van der Waals surface area contributed by atoms with E-state index in [0.717, 1.165) is 30.4 Å². The van der Waals surface area contributed by atoms with Gasteiger partial charge in [-0.3, -0.25) is 38.4 Å². The molecule has 2 rings (SSSR count). The second kappa shape index (κ2) is 27.0. The molecule has 0 fully saturated rings. The molecule has 0 aliphatic carbocycles. The number of benzene rings is 2. The van der Waals surface area contributed by atoms with Crippen molar-refractivity contribution in [3.05, 3.63) is 59.7 Å². The Morgan fingerprint density at radius 1 is 0.682 bits per heavy atom. The number of hydrogen-bond donors (Lipinski definition) is 5. The normalized spacial score (nSPS) is 14.4. The molecule has 6 atom stereocenters. The third-order valence-electron chi connectivity index (χ3n) is 10.7. The van der Waals surface area contributed by atoms with Crippen LogP contribution in [0.25, 0.3) is 11.1 Å². The molecule has 0 heterocycles. The fourth-order valence-corrected chi connectivity index (χ4v) is 7.02. The molecule has 0 spiro atoms. The number of ketones is 5. The van der Waals surface area contributed by atoms with Gasteiger partial charge in [0.25, 0.3) is 0 Å². The zero-order valence-electron chi connectivity index (χ0n) is 40.9. The summed E-state index contributed by atoms with van der Waals surface area (Å²) in [4.78, 5) is 105. The summed E-state index contributed by atoms with van der Waals surface area (Å²) in [5, 5.41) is 26.2. The first-order valence-electron chi connectivity index (χ1n) is 23.1. The largest absolute Gasteiger partial charge is 0.451 e. The van der Waals surface area contributed by atoms with E-state index in [0.29, 0.717) is 5.56 Å². The van der Waals surface area contributed by atoms with E-state index in [9.17, 15) is 38.4 Å². The minimum Gasteiger partial charge on any atom is -0.427 e. The third kappa shape index (κ3) is 21.6. The number of hydrogen-bond acceptors (Lipinski definition) is 12. The lowest BCUT2D eigenvalue weighted by Crippen LogP contribution is -2.51. The molecule has 0 aromatic heterocycles. The number of aryl methyl sites for hydroxylation is 1. The lowest BCUT2D eigenvalue weighted by atomic mass is 9.82. The molecule has 2 aromatic rings. The third-order valence-corrected chi connectivity index (χ3v) is 10.7. The minimum atomic E-state index is -1.74. The number of amides is 3. The predicted octanol–water partition coefficient (Wildman–Crippen LogP) is 5.73. The molecule has 66 heavy (non-hydrogen) atoms. The zero-order valence-corrected chi connectivity index (χ0v) is 40.9. The van der Waals surface area contributed by atoms with Crippen LogP contribution >= 0.6 is 0 Å². The Bertz CT molecular complexity index is 1950. The molecule has 0 aliphatic heterocycles. The van der Waals surface area contributed by atoms with Crippen LogP contribution in [-0.4, -0.2) is 106 Å². The first-order chi connectivity index (χ1) is 30.7. The van der Waals surface area contributed by atoms with Crippen molar-refractivity contribution in [1.29, 1.82) is 0 Å². The summed E-state index contributed by atoms with van der Waals surface area (Å²) in [6, 6.07) is 12.1. The molecule has 0 saturated heterocycles. The van der Waals surface area contributed by atoms with E-state index >= 15 is 0 Å². The number of rotatable bonds is 29. The summed E-state index contributed by atoms with van der Waals surface area (Å²) in [7, 11) is -1.74. The maximum absolute atomic E-state index is 13.7. The van der Waals surface area contributed by atoms with Gasteiger partial charge in [0.15, 0.2) is 23.1 Å². The summed E-state index contributed by atoms with van der Waals surface area (Å²) in [5.74, 6) is -6.10. The van der Waals surface area contributed by atoms with Gasteiger partial charge < -0.3 is 35.5 Å². The van der Waals surface area contributed by atoms with Gasteiger partial charge in [-0.2, -0.15) is 0 Å². The van der Waals surface area contributed by atoms with Crippen LogP contribution in [-0.2, 0) is 49.5 Å². The van der Waals surface area contributed by atoms with E-state index in [-0.39, 0.29) is 63.0 Å². The highest BCUT2D eigenvalue weighted by Crippen LogP contribution is 2.23. The van der Waals surface area contributed by atoms with Gasteiger partial charge in [0.1, 0.15) is 11.8 Å². The van der Waals surface area contributed by atoms with E-state index < -0.39 is 89.5 Å². The number of carbonyl (C=O) groups excluding carboxylic acids is 8. The molecular weight excluding hydrogens is 845 g/mol. The number of carbonyl (C=O) groups is 8. The monoisotopic (exact) mass is 920 g/mol. The van der Waals surface area contributed by atoms with Crippen LogP contribution in [0.4, 0.5) is 0 Å². The van der Waals surface area contributed by atoms with Crippen molar-refractivity contribution in [2.24, 2.45) is 11.8 Å². The Hall–Kier alpha value is -4.90. The zero-order chi connectivity index (χ0) is 49.9. The van der Waals surface area contributed by atoms with Crippen LogP contribution in [0.3, 0.4) is 0 Å². The Balaban J connectivity index is 2.10. The van der Waals surface area contributed by atoms with Gasteiger partial charge in [0, 0.05) is 50.0 Å². The molecule has 364 valence electrons. The quantitative estimate of drug-likeness (QED) is 0.0487. The molecule has 2 aromatic carbocycles. The average Bonchev–Trinajstić information content (AvgIpc) is 3.22. The topological polar surface area (TPSA) is 232 Å². The number of unbranched alkanes of at least 4 members (excludes halogenated alkanes) is 1. The van der Waals surface area contributed by atoms with Gasteiger partial charge in [-0.25, -0.2) is 0 Å². The van der Waals surface area contributed by atoms with Gasteiger partial charge in [-0.15, -0.1) is 0 Å². The number of nitrogens with one attached hydrogen (secondary N) is 3.